The van der Waals surface area contributed by atoms with Gasteiger partial charge in [0.05, 0.1) is 10.7 Å². The number of halogens is 2. The molecule has 0 heterocycles. The maximum absolute atomic E-state index is 11.9. The van der Waals surface area contributed by atoms with Crippen LogP contribution in [0.1, 0.15) is 19.3 Å². The van der Waals surface area contributed by atoms with Crippen LogP contribution in [0.15, 0.2) is 30.5 Å². The summed E-state index contributed by atoms with van der Waals surface area (Å²) in [5, 5.41) is 3.76. The summed E-state index contributed by atoms with van der Waals surface area (Å²) in [5.74, 6) is -2.26. The van der Waals surface area contributed by atoms with Gasteiger partial charge in [-0.15, -0.1) is 0 Å². The molecule has 0 saturated heterocycles. The Morgan fingerprint density at radius 1 is 1.19 bits per heavy atom. The van der Waals surface area contributed by atoms with E-state index < -0.39 is 11.7 Å². The van der Waals surface area contributed by atoms with Crippen molar-refractivity contribution in [2.24, 2.45) is 5.92 Å². The molecule has 0 bridgehead atoms. The minimum absolute atomic E-state index is 0.281. The Bertz CT molecular complexity index is 609. The van der Waals surface area contributed by atoms with Crippen LogP contribution in [0.25, 0.3) is 0 Å². The Labute approximate surface area is 132 Å². The van der Waals surface area contributed by atoms with Gasteiger partial charge in [0.1, 0.15) is 5.92 Å². The zero-order valence-electron chi connectivity index (χ0n) is 11.1. The summed E-state index contributed by atoms with van der Waals surface area (Å²) in [5.41, 5.74) is 0.537. The van der Waals surface area contributed by atoms with Crippen LogP contribution in [-0.2, 0) is 14.4 Å². The van der Waals surface area contributed by atoms with E-state index >= 15 is 0 Å². The lowest BCUT2D eigenvalue weighted by Gasteiger charge is -2.16. The third kappa shape index (κ3) is 3.93. The van der Waals surface area contributed by atoms with E-state index in [1.807, 2.05) is 0 Å². The maximum Gasteiger partial charge on any atom is 0.175 e. The SMILES string of the molecule is O=C(/C=C\Nc1cc(Cl)ccc1Cl)C1C(=O)CCCC1=O. The van der Waals surface area contributed by atoms with Crippen LogP contribution in [0.4, 0.5) is 5.69 Å². The second-order valence-electron chi connectivity index (χ2n) is 4.72. The number of Topliss-reactive ketones (excluding diaryl/α,β-unsaturated/α-hetero) is 2. The van der Waals surface area contributed by atoms with Crippen LogP contribution in [0.5, 0.6) is 0 Å². The molecule has 1 aromatic rings. The van der Waals surface area contributed by atoms with Crippen molar-refractivity contribution < 1.29 is 14.4 Å². The van der Waals surface area contributed by atoms with E-state index in [9.17, 15) is 14.4 Å². The van der Waals surface area contributed by atoms with Gasteiger partial charge in [0, 0.05) is 24.1 Å². The van der Waals surface area contributed by atoms with Crippen LogP contribution < -0.4 is 5.32 Å². The average molecular weight is 326 g/mol. The van der Waals surface area contributed by atoms with Crippen LogP contribution in [0, 0.1) is 5.92 Å². The monoisotopic (exact) mass is 325 g/mol. The van der Waals surface area contributed by atoms with E-state index in [4.69, 9.17) is 23.2 Å². The van der Waals surface area contributed by atoms with Crippen LogP contribution in [0.2, 0.25) is 10.0 Å². The Balaban J connectivity index is 2.03. The second kappa shape index (κ2) is 6.87. The molecule has 0 radical (unpaired) electrons. The number of nitrogens with one attached hydrogen (secondary N) is 1. The van der Waals surface area contributed by atoms with Crippen LogP contribution >= 0.6 is 23.2 Å². The molecule has 0 aliphatic heterocycles. The minimum Gasteiger partial charge on any atom is -0.360 e. The first-order valence-electron chi connectivity index (χ1n) is 6.46. The molecule has 6 heteroatoms. The summed E-state index contributed by atoms with van der Waals surface area (Å²) in [6, 6.07) is 4.87. The topological polar surface area (TPSA) is 63.2 Å². The fraction of sp³-hybridized carbons (Fsp3) is 0.267. The zero-order chi connectivity index (χ0) is 15.4. The highest BCUT2D eigenvalue weighted by molar-refractivity contribution is 6.35. The van der Waals surface area contributed by atoms with Crippen molar-refractivity contribution in [1.29, 1.82) is 0 Å². The molecule has 110 valence electrons. The molecular weight excluding hydrogens is 313 g/mol. The van der Waals surface area contributed by atoms with Crippen molar-refractivity contribution in [3.8, 4) is 0 Å². The largest absolute Gasteiger partial charge is 0.360 e. The van der Waals surface area contributed by atoms with Crippen molar-refractivity contribution in [3.63, 3.8) is 0 Å². The zero-order valence-corrected chi connectivity index (χ0v) is 12.6. The number of anilines is 1. The highest BCUT2D eigenvalue weighted by Crippen LogP contribution is 2.25. The van der Waals surface area contributed by atoms with Gasteiger partial charge < -0.3 is 5.32 Å². The number of allylic oxidation sites excluding steroid dienone is 1. The third-order valence-corrected chi connectivity index (χ3v) is 3.75. The Kier molecular flexibility index (Phi) is 5.15. The van der Waals surface area contributed by atoms with Gasteiger partial charge in [0.15, 0.2) is 17.3 Å². The van der Waals surface area contributed by atoms with Crippen LogP contribution in [0.3, 0.4) is 0 Å². The van der Waals surface area contributed by atoms with Gasteiger partial charge in [-0.25, -0.2) is 0 Å². The average Bonchev–Trinajstić information content (AvgIpc) is 2.42. The van der Waals surface area contributed by atoms with Gasteiger partial charge in [-0.1, -0.05) is 23.2 Å². The molecule has 2 rings (SSSR count). The molecule has 21 heavy (non-hydrogen) atoms. The molecule has 0 spiro atoms. The molecule has 0 atom stereocenters. The summed E-state index contributed by atoms with van der Waals surface area (Å²) in [7, 11) is 0. The number of hydrogen-bond donors (Lipinski definition) is 1. The first-order valence-corrected chi connectivity index (χ1v) is 7.22. The van der Waals surface area contributed by atoms with E-state index in [1.165, 1.54) is 12.3 Å². The van der Waals surface area contributed by atoms with Gasteiger partial charge >= 0.3 is 0 Å². The van der Waals surface area contributed by atoms with E-state index in [-0.39, 0.29) is 24.4 Å². The predicted octanol–water partition coefficient (Wildman–Crippen LogP) is 3.43. The molecule has 0 unspecified atom stereocenters. The first kappa shape index (κ1) is 15.7. The fourth-order valence-electron chi connectivity index (χ4n) is 2.14. The minimum atomic E-state index is -1.15. The summed E-state index contributed by atoms with van der Waals surface area (Å²) >= 11 is 11.8. The summed E-state index contributed by atoms with van der Waals surface area (Å²) < 4.78 is 0. The quantitative estimate of drug-likeness (QED) is 0.680. The molecule has 4 nitrogen and oxygen atoms in total. The highest BCUT2D eigenvalue weighted by atomic mass is 35.5. The standard InChI is InChI=1S/C15H13Cl2NO3/c16-9-4-5-10(17)11(8-9)18-7-6-14(21)15-12(19)2-1-3-13(15)20/h4-8,15,18H,1-3H2/b7-6-. The molecule has 1 aromatic carbocycles. The van der Waals surface area contributed by atoms with Gasteiger partial charge in [0.25, 0.3) is 0 Å². The summed E-state index contributed by atoms with van der Waals surface area (Å²) in [6.45, 7) is 0. The van der Waals surface area contributed by atoms with Crippen molar-refractivity contribution in [2.45, 2.75) is 19.3 Å². The smallest absolute Gasteiger partial charge is 0.175 e. The summed E-state index contributed by atoms with van der Waals surface area (Å²) in [4.78, 5) is 35.2. The number of ketones is 3. The lowest BCUT2D eigenvalue weighted by molar-refractivity contribution is -0.140. The Hall–Kier alpha value is -1.65. The van der Waals surface area contributed by atoms with Gasteiger partial charge in [0.2, 0.25) is 0 Å². The molecule has 1 N–H and O–H groups in total. The number of hydrogen-bond acceptors (Lipinski definition) is 4. The van der Waals surface area contributed by atoms with E-state index in [0.29, 0.717) is 22.2 Å². The first-order chi connectivity index (χ1) is 9.99. The Morgan fingerprint density at radius 2 is 1.86 bits per heavy atom. The molecular formula is C15H13Cl2NO3. The lowest BCUT2D eigenvalue weighted by Crippen LogP contribution is -2.34. The summed E-state index contributed by atoms with van der Waals surface area (Å²) in [6.07, 6.45) is 3.63. The second-order valence-corrected chi connectivity index (χ2v) is 5.57. The number of benzene rings is 1. The normalized spacial score (nSPS) is 16.5. The van der Waals surface area contributed by atoms with E-state index in [2.05, 4.69) is 5.32 Å². The van der Waals surface area contributed by atoms with Crippen molar-refractivity contribution in [2.75, 3.05) is 5.32 Å². The lowest BCUT2D eigenvalue weighted by atomic mass is 9.84. The van der Waals surface area contributed by atoms with Crippen molar-refractivity contribution in [1.82, 2.24) is 0 Å². The predicted molar refractivity (Wildman–Crippen MR) is 81.6 cm³/mol. The number of rotatable bonds is 4. The van der Waals surface area contributed by atoms with Gasteiger partial charge in [-0.2, -0.15) is 0 Å². The van der Waals surface area contributed by atoms with Crippen molar-refractivity contribution in [3.05, 3.63) is 40.5 Å². The van der Waals surface area contributed by atoms with Gasteiger partial charge in [-0.3, -0.25) is 14.4 Å². The molecule has 1 saturated carbocycles. The van der Waals surface area contributed by atoms with E-state index in [1.54, 1.807) is 18.2 Å². The molecule has 1 aliphatic rings. The van der Waals surface area contributed by atoms with Gasteiger partial charge in [-0.05, 0) is 30.7 Å². The molecule has 0 amide bonds. The third-order valence-electron chi connectivity index (χ3n) is 3.19. The van der Waals surface area contributed by atoms with E-state index in [0.717, 1.165) is 0 Å². The van der Waals surface area contributed by atoms with Crippen molar-refractivity contribution >= 4 is 46.2 Å². The maximum atomic E-state index is 11.9. The number of carbonyl (C=O) groups is 3. The Morgan fingerprint density at radius 3 is 2.52 bits per heavy atom. The highest BCUT2D eigenvalue weighted by Gasteiger charge is 2.34. The molecule has 0 aromatic heterocycles. The molecule has 1 fully saturated rings. The van der Waals surface area contributed by atoms with Crippen LogP contribution in [-0.4, -0.2) is 17.3 Å². The molecule has 1 aliphatic carbocycles. The fourth-order valence-corrected chi connectivity index (χ4v) is 2.48. The number of carbonyl (C=O) groups excluding carboxylic acids is 3.